The maximum absolute atomic E-state index is 13.1. The van der Waals surface area contributed by atoms with Gasteiger partial charge in [-0.3, -0.25) is 14.6 Å². The molecule has 1 aliphatic rings. The van der Waals surface area contributed by atoms with E-state index in [9.17, 15) is 19.8 Å². The number of carbonyl (C=O) groups excluding carboxylic acids is 2. The third-order valence-electron chi connectivity index (χ3n) is 5.23. The lowest BCUT2D eigenvalue weighted by atomic mass is 9.95. The van der Waals surface area contributed by atoms with Crippen LogP contribution in [-0.4, -0.2) is 38.4 Å². The maximum atomic E-state index is 13.1. The lowest BCUT2D eigenvalue weighted by Gasteiger charge is -2.25. The number of pyridine rings is 1. The predicted octanol–water partition coefficient (Wildman–Crippen LogP) is 3.81. The first-order valence-corrected chi connectivity index (χ1v) is 10.2. The topological polar surface area (TPSA) is 100.0 Å². The highest BCUT2D eigenvalue weighted by Crippen LogP contribution is 2.40. The Morgan fingerprint density at radius 2 is 1.84 bits per heavy atom. The number of ether oxygens (including phenoxy) is 1. The molecule has 1 fully saturated rings. The molecule has 7 heteroatoms. The highest BCUT2D eigenvalue weighted by atomic mass is 16.5. The summed E-state index contributed by atoms with van der Waals surface area (Å²) in [5.41, 5.74) is 1.54. The van der Waals surface area contributed by atoms with Crippen molar-refractivity contribution in [3.05, 3.63) is 95.3 Å². The van der Waals surface area contributed by atoms with E-state index in [-0.39, 0.29) is 23.6 Å². The summed E-state index contributed by atoms with van der Waals surface area (Å²) in [5.74, 6) is -1.19. The first kappa shape index (κ1) is 21.1. The molecule has 2 N–H and O–H groups in total. The standard InChI is InChI=1S/C25H22N2O5/c1-2-32-20-8-5-6-17(14-20)23(29)21-22(16-9-11-19(28)12-10-16)27(25(31)24(21)30)15-18-7-3-4-13-26-18/h3-14,22,28-29H,2,15H2,1H3/b23-21-. The van der Waals surface area contributed by atoms with Crippen molar-refractivity contribution in [1.82, 2.24) is 9.88 Å². The highest BCUT2D eigenvalue weighted by Gasteiger charge is 2.46. The summed E-state index contributed by atoms with van der Waals surface area (Å²) < 4.78 is 5.50. The summed E-state index contributed by atoms with van der Waals surface area (Å²) >= 11 is 0. The largest absolute Gasteiger partial charge is 0.508 e. The Morgan fingerprint density at radius 3 is 2.53 bits per heavy atom. The van der Waals surface area contributed by atoms with Gasteiger partial charge in [0, 0.05) is 11.8 Å². The molecular weight excluding hydrogens is 408 g/mol. The lowest BCUT2D eigenvalue weighted by Crippen LogP contribution is -2.29. The Bertz CT molecular complexity index is 1170. The summed E-state index contributed by atoms with van der Waals surface area (Å²) in [7, 11) is 0. The van der Waals surface area contributed by atoms with Gasteiger partial charge in [0.2, 0.25) is 0 Å². The molecule has 0 spiro atoms. The number of carbonyl (C=O) groups is 2. The smallest absolute Gasteiger partial charge is 0.296 e. The van der Waals surface area contributed by atoms with Crippen molar-refractivity contribution in [3.8, 4) is 11.5 Å². The van der Waals surface area contributed by atoms with Crippen LogP contribution in [0, 0.1) is 0 Å². The summed E-state index contributed by atoms with van der Waals surface area (Å²) in [4.78, 5) is 31.7. The number of likely N-dealkylation sites (tertiary alicyclic amines) is 1. The van der Waals surface area contributed by atoms with Crippen LogP contribution in [0.5, 0.6) is 11.5 Å². The second-order valence-electron chi connectivity index (χ2n) is 7.30. The van der Waals surface area contributed by atoms with E-state index in [4.69, 9.17) is 4.74 Å². The second kappa shape index (κ2) is 8.93. The van der Waals surface area contributed by atoms with Gasteiger partial charge in [0.1, 0.15) is 17.3 Å². The number of aromatic hydroxyl groups is 1. The Morgan fingerprint density at radius 1 is 1.06 bits per heavy atom. The molecule has 1 atom stereocenters. The second-order valence-corrected chi connectivity index (χ2v) is 7.30. The zero-order chi connectivity index (χ0) is 22.7. The monoisotopic (exact) mass is 430 g/mol. The van der Waals surface area contributed by atoms with Gasteiger partial charge in [0.15, 0.2) is 0 Å². The van der Waals surface area contributed by atoms with Crippen LogP contribution in [0.2, 0.25) is 0 Å². The Kier molecular flexibility index (Phi) is 5.89. The molecule has 7 nitrogen and oxygen atoms in total. The molecule has 1 aromatic heterocycles. The van der Waals surface area contributed by atoms with Crippen LogP contribution in [0.4, 0.5) is 0 Å². The van der Waals surface area contributed by atoms with Gasteiger partial charge in [-0.2, -0.15) is 0 Å². The minimum Gasteiger partial charge on any atom is -0.508 e. The van der Waals surface area contributed by atoms with Crippen molar-refractivity contribution in [2.75, 3.05) is 6.61 Å². The first-order valence-electron chi connectivity index (χ1n) is 10.2. The van der Waals surface area contributed by atoms with E-state index >= 15 is 0 Å². The average molecular weight is 430 g/mol. The van der Waals surface area contributed by atoms with E-state index in [1.807, 2.05) is 6.92 Å². The molecular formula is C25H22N2O5. The van der Waals surface area contributed by atoms with Gasteiger partial charge in [0.25, 0.3) is 11.7 Å². The van der Waals surface area contributed by atoms with Crippen molar-refractivity contribution < 1.29 is 24.5 Å². The van der Waals surface area contributed by atoms with E-state index in [0.29, 0.717) is 29.2 Å². The molecule has 2 aromatic carbocycles. The Hall–Kier alpha value is -4.13. The quantitative estimate of drug-likeness (QED) is 0.350. The number of rotatable bonds is 6. The molecule has 1 saturated heterocycles. The summed E-state index contributed by atoms with van der Waals surface area (Å²) in [6.07, 6.45) is 1.61. The van der Waals surface area contributed by atoms with Gasteiger partial charge in [-0.1, -0.05) is 30.3 Å². The number of hydrogen-bond acceptors (Lipinski definition) is 6. The molecule has 32 heavy (non-hydrogen) atoms. The van der Waals surface area contributed by atoms with Crippen molar-refractivity contribution in [2.45, 2.75) is 19.5 Å². The highest BCUT2D eigenvalue weighted by molar-refractivity contribution is 6.46. The fraction of sp³-hybridized carbons (Fsp3) is 0.160. The van der Waals surface area contributed by atoms with Crippen LogP contribution < -0.4 is 4.74 Å². The molecule has 0 saturated carbocycles. The van der Waals surface area contributed by atoms with Crippen molar-refractivity contribution in [2.24, 2.45) is 0 Å². The normalized spacial score (nSPS) is 17.5. The molecule has 1 amide bonds. The molecule has 2 heterocycles. The first-order chi connectivity index (χ1) is 15.5. The van der Waals surface area contributed by atoms with Crippen molar-refractivity contribution in [3.63, 3.8) is 0 Å². The Balaban J connectivity index is 1.84. The Labute approximate surface area is 185 Å². The molecule has 3 aromatic rings. The fourth-order valence-corrected chi connectivity index (χ4v) is 3.77. The summed E-state index contributed by atoms with van der Waals surface area (Å²) in [6.45, 7) is 2.39. The number of aromatic nitrogens is 1. The van der Waals surface area contributed by atoms with Crippen LogP contribution in [0.15, 0.2) is 78.5 Å². The number of nitrogens with zero attached hydrogens (tertiary/aromatic N) is 2. The molecule has 0 bridgehead atoms. The summed E-state index contributed by atoms with van der Waals surface area (Å²) in [5, 5.41) is 20.8. The number of aliphatic hydroxyl groups is 1. The van der Waals surface area contributed by atoms with E-state index in [0.717, 1.165) is 0 Å². The van der Waals surface area contributed by atoms with E-state index in [1.54, 1.807) is 60.8 Å². The number of amides is 1. The lowest BCUT2D eigenvalue weighted by molar-refractivity contribution is -0.140. The van der Waals surface area contributed by atoms with Gasteiger partial charge in [-0.25, -0.2) is 0 Å². The molecule has 0 aliphatic carbocycles. The van der Waals surface area contributed by atoms with Gasteiger partial charge in [-0.05, 0) is 48.9 Å². The van der Waals surface area contributed by atoms with Gasteiger partial charge in [0.05, 0.1) is 30.5 Å². The number of aliphatic hydroxyl groups excluding tert-OH is 1. The van der Waals surface area contributed by atoms with Crippen molar-refractivity contribution in [1.29, 1.82) is 0 Å². The fourth-order valence-electron chi connectivity index (χ4n) is 3.77. The predicted molar refractivity (Wildman–Crippen MR) is 118 cm³/mol. The summed E-state index contributed by atoms with van der Waals surface area (Å²) in [6, 6.07) is 17.4. The van der Waals surface area contributed by atoms with Gasteiger partial charge < -0.3 is 19.8 Å². The molecule has 4 rings (SSSR count). The molecule has 1 unspecified atom stereocenters. The van der Waals surface area contributed by atoms with E-state index in [1.165, 1.54) is 17.0 Å². The number of ketones is 1. The maximum Gasteiger partial charge on any atom is 0.296 e. The number of phenols is 1. The minimum atomic E-state index is -0.839. The van der Waals surface area contributed by atoms with Gasteiger partial charge >= 0.3 is 0 Å². The minimum absolute atomic E-state index is 0.0229. The number of benzene rings is 2. The molecule has 0 radical (unpaired) electrons. The van der Waals surface area contributed by atoms with Gasteiger partial charge in [-0.15, -0.1) is 0 Å². The number of Topliss-reactive ketones (excluding diaryl/α,β-unsaturated/α-hetero) is 1. The van der Waals surface area contributed by atoms with Crippen LogP contribution in [0.25, 0.3) is 5.76 Å². The van der Waals surface area contributed by atoms with Crippen molar-refractivity contribution >= 4 is 17.4 Å². The molecule has 1 aliphatic heterocycles. The SMILES string of the molecule is CCOc1cccc(/C(O)=C2/C(=O)C(=O)N(Cc3ccccn3)C2c2ccc(O)cc2)c1. The third kappa shape index (κ3) is 4.05. The zero-order valence-corrected chi connectivity index (χ0v) is 17.4. The number of hydrogen-bond donors (Lipinski definition) is 2. The van der Waals surface area contributed by atoms with Crippen LogP contribution in [0.3, 0.4) is 0 Å². The van der Waals surface area contributed by atoms with E-state index in [2.05, 4.69) is 4.98 Å². The average Bonchev–Trinajstić information content (AvgIpc) is 3.05. The molecule has 162 valence electrons. The van der Waals surface area contributed by atoms with E-state index < -0.39 is 17.7 Å². The van der Waals surface area contributed by atoms with Crippen LogP contribution in [0.1, 0.15) is 29.8 Å². The van der Waals surface area contributed by atoms with Crippen LogP contribution >= 0.6 is 0 Å². The zero-order valence-electron chi connectivity index (χ0n) is 17.4. The number of phenolic OH excluding ortho intramolecular Hbond substituents is 1. The van der Waals surface area contributed by atoms with Crippen LogP contribution in [-0.2, 0) is 16.1 Å². The third-order valence-corrected chi connectivity index (χ3v) is 5.23.